The molecule has 0 radical (unpaired) electrons. The van der Waals surface area contributed by atoms with Crippen LogP contribution in [-0.2, 0) is 43.3 Å². The number of rotatable bonds is 11. The highest BCUT2D eigenvalue weighted by Gasteiger charge is 2.50. The van der Waals surface area contributed by atoms with Crippen LogP contribution >= 0.6 is 0 Å². The molecule has 4 atom stereocenters. The van der Waals surface area contributed by atoms with Crippen LogP contribution < -0.4 is 10.6 Å². The van der Waals surface area contributed by atoms with E-state index in [2.05, 4.69) is 10.6 Å². The van der Waals surface area contributed by atoms with Crippen LogP contribution in [0.25, 0.3) is 0 Å². The van der Waals surface area contributed by atoms with Crippen LogP contribution in [0, 0.1) is 0 Å². The zero-order valence-electron chi connectivity index (χ0n) is 22.8. The molecule has 1 fully saturated rings. The van der Waals surface area contributed by atoms with Gasteiger partial charge in [0.05, 0.1) is 0 Å². The molecule has 1 saturated heterocycles. The minimum absolute atomic E-state index is 0.0155. The molecule has 0 bridgehead atoms. The highest BCUT2D eigenvalue weighted by molar-refractivity contribution is 6.03. The Labute approximate surface area is 242 Å². The number of aliphatic carboxylic acids is 1. The molecule has 0 spiro atoms. The number of carbonyl (C=O) groups is 5. The zero-order valence-corrected chi connectivity index (χ0v) is 22.8. The number of hydrogen-bond acceptors (Lipinski definition) is 7. The average Bonchev–Trinajstić information content (AvgIpc) is 3.29. The topological polar surface area (TPSA) is 151 Å². The number of nitrogens with one attached hydrogen (secondary N) is 2. The van der Waals surface area contributed by atoms with Crippen LogP contribution in [0.3, 0.4) is 0 Å². The van der Waals surface area contributed by atoms with Crippen LogP contribution in [0.1, 0.15) is 23.6 Å². The average molecular weight is 574 g/mol. The Hall–Kier alpha value is -5.19. The Morgan fingerprint density at radius 1 is 0.810 bits per heavy atom. The second kappa shape index (κ2) is 13.9. The first-order chi connectivity index (χ1) is 20.2. The predicted octanol–water partition coefficient (Wildman–Crippen LogP) is 3.07. The van der Waals surface area contributed by atoms with E-state index in [0.29, 0.717) is 16.0 Å². The van der Waals surface area contributed by atoms with Gasteiger partial charge >= 0.3 is 18.2 Å². The van der Waals surface area contributed by atoms with Gasteiger partial charge in [-0.3, -0.25) is 9.59 Å². The Morgan fingerprint density at radius 2 is 1.31 bits per heavy atom. The Kier molecular flexibility index (Phi) is 9.88. The fourth-order valence-electron chi connectivity index (χ4n) is 4.59. The Bertz CT molecular complexity index is 1400. The molecule has 4 amide bonds. The summed E-state index contributed by atoms with van der Waals surface area (Å²) in [6.07, 6.45) is -3.09. The van der Waals surface area contributed by atoms with Crippen molar-refractivity contribution < 1.29 is 38.6 Å². The molecule has 11 heteroatoms. The number of amides is 4. The summed E-state index contributed by atoms with van der Waals surface area (Å²) in [7, 11) is 0. The molecule has 1 aliphatic rings. The van der Waals surface area contributed by atoms with E-state index in [1.54, 1.807) is 84.9 Å². The summed E-state index contributed by atoms with van der Waals surface area (Å²) in [5, 5.41) is 14.7. The van der Waals surface area contributed by atoms with Gasteiger partial charge in [-0.2, -0.15) is 0 Å². The molecule has 0 aliphatic carbocycles. The maximum absolute atomic E-state index is 13.8. The van der Waals surface area contributed by atoms with E-state index in [-0.39, 0.29) is 19.4 Å². The molecule has 0 saturated carbocycles. The number of hydrogen-bond donors (Lipinski definition) is 3. The van der Waals surface area contributed by atoms with Gasteiger partial charge in [0.25, 0.3) is 5.91 Å². The van der Waals surface area contributed by atoms with Gasteiger partial charge in [0.15, 0.2) is 6.04 Å². The highest BCUT2D eigenvalue weighted by Crippen LogP contribution is 2.22. The molecule has 11 nitrogen and oxygen atoms in total. The van der Waals surface area contributed by atoms with Crippen molar-refractivity contribution in [2.24, 2.45) is 0 Å². The van der Waals surface area contributed by atoms with E-state index in [1.807, 2.05) is 6.07 Å². The Morgan fingerprint density at radius 3 is 1.83 bits per heavy atom. The third-order valence-electron chi connectivity index (χ3n) is 6.70. The maximum atomic E-state index is 13.8. The summed E-state index contributed by atoms with van der Waals surface area (Å²) >= 11 is 0. The molecule has 0 aromatic heterocycles. The van der Waals surface area contributed by atoms with Gasteiger partial charge in [0.2, 0.25) is 5.91 Å². The summed E-state index contributed by atoms with van der Waals surface area (Å²) in [5.41, 5.74) is 2.08. The van der Waals surface area contributed by atoms with Crippen LogP contribution in [0.2, 0.25) is 0 Å². The first-order valence-corrected chi connectivity index (χ1v) is 13.3. The van der Waals surface area contributed by atoms with Gasteiger partial charge < -0.3 is 25.2 Å². The molecule has 0 unspecified atom stereocenters. The first kappa shape index (κ1) is 29.8. The minimum atomic E-state index is -1.47. The summed E-state index contributed by atoms with van der Waals surface area (Å²) in [6.45, 7) is 1.38. The summed E-state index contributed by atoms with van der Waals surface area (Å²) in [5.74, 6) is -3.07. The van der Waals surface area contributed by atoms with Crippen LogP contribution in [0.15, 0.2) is 91.0 Å². The monoisotopic (exact) mass is 573 g/mol. The third kappa shape index (κ3) is 7.72. The first-order valence-electron chi connectivity index (χ1n) is 13.3. The van der Waals surface area contributed by atoms with Gasteiger partial charge in [-0.05, 0) is 23.6 Å². The van der Waals surface area contributed by atoms with Crippen LogP contribution in [-0.4, -0.2) is 64.2 Å². The quantitative estimate of drug-likeness (QED) is 0.317. The second-order valence-corrected chi connectivity index (χ2v) is 9.78. The molecule has 3 N–H and O–H groups in total. The molecule has 4 rings (SSSR count). The Balaban J connectivity index is 1.52. The van der Waals surface area contributed by atoms with E-state index in [9.17, 15) is 29.1 Å². The molecular weight excluding hydrogens is 542 g/mol. The standard InChI is InChI=1S/C31H31N3O8/c1-20-26(27(35)32-25(29(37)38)18-22-13-7-3-8-14-22)34(31(40)42-20)28(36)24(17-21-11-5-2-6-12-21)33-30(39)41-19-23-15-9-4-10-16-23/h2-16,20,24-26H,17-19H2,1H3,(H,32,35)(H,33,39)(H,37,38)/t20-,24-,25-,26+/m0/s1. The highest BCUT2D eigenvalue weighted by atomic mass is 16.6. The maximum Gasteiger partial charge on any atom is 0.417 e. The van der Waals surface area contributed by atoms with E-state index >= 15 is 0 Å². The number of ether oxygens (including phenoxy) is 2. The van der Waals surface area contributed by atoms with Crippen molar-refractivity contribution in [3.8, 4) is 0 Å². The minimum Gasteiger partial charge on any atom is -0.480 e. The lowest BCUT2D eigenvalue weighted by Gasteiger charge is -2.27. The van der Waals surface area contributed by atoms with Gasteiger partial charge in [-0.15, -0.1) is 0 Å². The van der Waals surface area contributed by atoms with Gasteiger partial charge in [0.1, 0.15) is 24.8 Å². The van der Waals surface area contributed by atoms with Crippen molar-refractivity contribution in [3.05, 3.63) is 108 Å². The van der Waals surface area contributed by atoms with E-state index in [0.717, 1.165) is 5.56 Å². The largest absolute Gasteiger partial charge is 0.480 e. The fourth-order valence-corrected chi connectivity index (χ4v) is 4.59. The summed E-state index contributed by atoms with van der Waals surface area (Å²) in [4.78, 5) is 65.3. The normalized spacial score (nSPS) is 17.5. The predicted molar refractivity (Wildman–Crippen MR) is 150 cm³/mol. The van der Waals surface area contributed by atoms with Crippen molar-refractivity contribution in [1.29, 1.82) is 0 Å². The number of cyclic esters (lactones) is 1. The summed E-state index contributed by atoms with van der Waals surface area (Å²) < 4.78 is 10.5. The lowest BCUT2D eigenvalue weighted by Crippen LogP contribution is -2.58. The molecule has 42 heavy (non-hydrogen) atoms. The van der Waals surface area contributed by atoms with Gasteiger partial charge in [-0.1, -0.05) is 91.0 Å². The van der Waals surface area contributed by atoms with Crippen molar-refractivity contribution in [1.82, 2.24) is 15.5 Å². The smallest absolute Gasteiger partial charge is 0.417 e. The van der Waals surface area contributed by atoms with E-state index in [4.69, 9.17) is 9.47 Å². The third-order valence-corrected chi connectivity index (χ3v) is 6.70. The lowest BCUT2D eigenvalue weighted by atomic mass is 10.0. The number of carboxylic acids is 1. The van der Waals surface area contributed by atoms with Crippen molar-refractivity contribution >= 4 is 30.0 Å². The van der Waals surface area contributed by atoms with Crippen molar-refractivity contribution in [2.45, 2.75) is 50.6 Å². The van der Waals surface area contributed by atoms with Crippen molar-refractivity contribution in [2.75, 3.05) is 0 Å². The van der Waals surface area contributed by atoms with E-state index < -0.39 is 54.2 Å². The van der Waals surface area contributed by atoms with E-state index in [1.165, 1.54) is 6.92 Å². The number of carbonyl (C=O) groups excluding carboxylic acids is 4. The number of benzene rings is 3. The zero-order chi connectivity index (χ0) is 30.1. The molecule has 1 aliphatic heterocycles. The molecule has 218 valence electrons. The SMILES string of the molecule is C[C@@H]1OC(=O)N(C(=O)[C@H](Cc2ccccc2)NC(=O)OCc2ccccc2)[C@H]1C(=O)N[C@@H](Cc1ccccc1)C(=O)O. The van der Waals surface area contributed by atoms with Gasteiger partial charge in [0, 0.05) is 12.8 Å². The molecular formula is C31H31N3O8. The molecule has 1 heterocycles. The number of nitrogens with zero attached hydrogens (tertiary/aromatic N) is 1. The van der Waals surface area contributed by atoms with Crippen molar-refractivity contribution in [3.63, 3.8) is 0 Å². The fraction of sp³-hybridized carbons (Fsp3) is 0.258. The van der Waals surface area contributed by atoms with Crippen LogP contribution in [0.5, 0.6) is 0 Å². The molecule has 3 aromatic rings. The summed E-state index contributed by atoms with van der Waals surface area (Å²) in [6, 6.07) is 22.3. The second-order valence-electron chi connectivity index (χ2n) is 9.78. The van der Waals surface area contributed by atoms with Crippen LogP contribution in [0.4, 0.5) is 9.59 Å². The molecule has 3 aromatic carbocycles. The number of imide groups is 1. The number of carboxylic acid groups (broad SMARTS) is 1. The lowest BCUT2D eigenvalue weighted by molar-refractivity contribution is -0.143. The van der Waals surface area contributed by atoms with Gasteiger partial charge in [-0.25, -0.2) is 19.3 Å². The number of alkyl carbamates (subject to hydrolysis) is 1.